The molecule has 1 aliphatic rings. The lowest BCUT2D eigenvalue weighted by molar-refractivity contribution is 0.199. The molecule has 0 unspecified atom stereocenters. The van der Waals surface area contributed by atoms with Gasteiger partial charge in [-0.2, -0.15) is 0 Å². The summed E-state index contributed by atoms with van der Waals surface area (Å²) >= 11 is 0. The standard InChI is InChI=1S/C27H31NO3/c1-19(29)22-10-9-21(8-7-20-13-15-28-16-14-20)25(17-22)23-11-12-26(30-2)27(18-23)31-24-5-3-4-6-24/h9-19,24,29H,3-8H2,1-2H3/t19-/m1/s1. The Bertz CT molecular complexity index is 995. The highest BCUT2D eigenvalue weighted by Gasteiger charge is 2.19. The van der Waals surface area contributed by atoms with Crippen molar-refractivity contribution in [3.63, 3.8) is 0 Å². The number of nitrogens with zero attached hydrogens (tertiary/aromatic N) is 1. The van der Waals surface area contributed by atoms with Crippen molar-refractivity contribution in [3.8, 4) is 22.6 Å². The molecule has 1 atom stereocenters. The maximum atomic E-state index is 10.2. The van der Waals surface area contributed by atoms with Crippen molar-refractivity contribution in [3.05, 3.63) is 77.6 Å². The summed E-state index contributed by atoms with van der Waals surface area (Å²) in [6.07, 6.45) is 9.91. The smallest absolute Gasteiger partial charge is 0.162 e. The molecule has 1 saturated carbocycles. The zero-order valence-corrected chi connectivity index (χ0v) is 18.4. The second kappa shape index (κ2) is 9.97. The highest BCUT2D eigenvalue weighted by molar-refractivity contribution is 5.71. The van der Waals surface area contributed by atoms with Crippen molar-refractivity contribution in [2.75, 3.05) is 7.11 Å². The van der Waals surface area contributed by atoms with Crippen LogP contribution in [0.2, 0.25) is 0 Å². The molecule has 1 heterocycles. The van der Waals surface area contributed by atoms with Crippen LogP contribution in [0, 0.1) is 0 Å². The van der Waals surface area contributed by atoms with E-state index in [0.717, 1.165) is 53.9 Å². The van der Waals surface area contributed by atoms with Crippen LogP contribution in [0.3, 0.4) is 0 Å². The van der Waals surface area contributed by atoms with Gasteiger partial charge in [0.15, 0.2) is 11.5 Å². The molecule has 0 saturated heterocycles. The Morgan fingerprint density at radius 1 is 0.968 bits per heavy atom. The van der Waals surface area contributed by atoms with Gasteiger partial charge < -0.3 is 14.6 Å². The topological polar surface area (TPSA) is 51.6 Å². The summed E-state index contributed by atoms with van der Waals surface area (Å²) in [5.41, 5.74) is 5.64. The Labute approximate surface area is 184 Å². The predicted molar refractivity (Wildman–Crippen MR) is 124 cm³/mol. The number of aryl methyl sites for hydroxylation is 2. The molecule has 31 heavy (non-hydrogen) atoms. The lowest BCUT2D eigenvalue weighted by Gasteiger charge is -2.19. The first kappa shape index (κ1) is 21.4. The monoisotopic (exact) mass is 417 g/mol. The van der Waals surface area contributed by atoms with Crippen molar-refractivity contribution in [2.24, 2.45) is 0 Å². The summed E-state index contributed by atoms with van der Waals surface area (Å²) in [4.78, 5) is 4.11. The molecular weight excluding hydrogens is 386 g/mol. The van der Waals surface area contributed by atoms with E-state index in [1.165, 1.54) is 24.0 Å². The molecule has 1 aliphatic carbocycles. The van der Waals surface area contributed by atoms with Crippen LogP contribution in [-0.2, 0) is 12.8 Å². The number of pyridine rings is 1. The second-order valence-corrected chi connectivity index (χ2v) is 8.34. The van der Waals surface area contributed by atoms with Crippen molar-refractivity contribution >= 4 is 0 Å². The SMILES string of the molecule is COc1ccc(-c2cc([C@@H](C)O)ccc2CCc2ccncc2)cc1OC1CCCC1. The van der Waals surface area contributed by atoms with E-state index in [-0.39, 0.29) is 6.10 Å². The van der Waals surface area contributed by atoms with Gasteiger partial charge in [-0.3, -0.25) is 4.98 Å². The Kier molecular flexibility index (Phi) is 6.88. The number of aromatic nitrogens is 1. The van der Waals surface area contributed by atoms with E-state index >= 15 is 0 Å². The van der Waals surface area contributed by atoms with Gasteiger partial charge in [-0.15, -0.1) is 0 Å². The highest BCUT2D eigenvalue weighted by Crippen LogP contribution is 2.37. The summed E-state index contributed by atoms with van der Waals surface area (Å²) in [5.74, 6) is 1.56. The van der Waals surface area contributed by atoms with Crippen molar-refractivity contribution in [1.29, 1.82) is 0 Å². The van der Waals surface area contributed by atoms with Crippen molar-refractivity contribution in [2.45, 2.75) is 57.7 Å². The lowest BCUT2D eigenvalue weighted by Crippen LogP contribution is -2.11. The molecule has 1 N–H and O–H groups in total. The Morgan fingerprint density at radius 2 is 1.74 bits per heavy atom. The summed E-state index contributed by atoms with van der Waals surface area (Å²) in [6, 6.07) is 16.5. The minimum Gasteiger partial charge on any atom is -0.493 e. The van der Waals surface area contributed by atoms with Gasteiger partial charge >= 0.3 is 0 Å². The van der Waals surface area contributed by atoms with E-state index in [4.69, 9.17) is 9.47 Å². The van der Waals surface area contributed by atoms with Crippen LogP contribution in [0.4, 0.5) is 0 Å². The van der Waals surface area contributed by atoms with Crippen LogP contribution in [0.25, 0.3) is 11.1 Å². The second-order valence-electron chi connectivity index (χ2n) is 8.34. The first-order valence-corrected chi connectivity index (χ1v) is 11.2. The number of hydrogen-bond donors (Lipinski definition) is 1. The number of hydrogen-bond acceptors (Lipinski definition) is 4. The minimum absolute atomic E-state index is 0.263. The van der Waals surface area contributed by atoms with Crippen LogP contribution in [0.1, 0.15) is 55.4 Å². The third-order valence-electron chi connectivity index (χ3n) is 6.12. The van der Waals surface area contributed by atoms with Gasteiger partial charge in [0.25, 0.3) is 0 Å². The highest BCUT2D eigenvalue weighted by atomic mass is 16.5. The number of methoxy groups -OCH3 is 1. The van der Waals surface area contributed by atoms with Gasteiger partial charge in [-0.05, 0) is 104 Å². The minimum atomic E-state index is -0.513. The third kappa shape index (κ3) is 5.26. The van der Waals surface area contributed by atoms with Crippen molar-refractivity contribution in [1.82, 2.24) is 4.98 Å². The Hall–Kier alpha value is -2.85. The predicted octanol–water partition coefficient (Wildman–Crippen LogP) is 5.92. The first-order chi connectivity index (χ1) is 15.1. The molecule has 4 rings (SSSR count). The summed E-state index contributed by atoms with van der Waals surface area (Å²) in [5, 5.41) is 10.2. The van der Waals surface area contributed by atoms with Crippen LogP contribution in [0.15, 0.2) is 60.9 Å². The van der Waals surface area contributed by atoms with E-state index in [1.54, 1.807) is 14.0 Å². The van der Waals surface area contributed by atoms with Gasteiger partial charge in [0.1, 0.15) is 0 Å². The zero-order valence-electron chi connectivity index (χ0n) is 18.4. The molecule has 0 radical (unpaired) electrons. The number of rotatable bonds is 8. The van der Waals surface area contributed by atoms with Crippen molar-refractivity contribution < 1.29 is 14.6 Å². The Morgan fingerprint density at radius 3 is 2.45 bits per heavy atom. The summed E-state index contributed by atoms with van der Waals surface area (Å²) in [6.45, 7) is 1.80. The maximum absolute atomic E-state index is 10.2. The molecule has 0 aliphatic heterocycles. The average molecular weight is 418 g/mol. The number of benzene rings is 2. The number of aliphatic hydroxyl groups is 1. The fourth-order valence-corrected chi connectivity index (χ4v) is 4.29. The van der Waals surface area contributed by atoms with Crippen LogP contribution >= 0.6 is 0 Å². The molecule has 4 nitrogen and oxygen atoms in total. The molecule has 162 valence electrons. The quantitative estimate of drug-likeness (QED) is 0.494. The van der Waals surface area contributed by atoms with Gasteiger partial charge in [-0.1, -0.05) is 18.2 Å². The molecule has 4 heteroatoms. The largest absolute Gasteiger partial charge is 0.493 e. The van der Waals surface area contributed by atoms with Gasteiger partial charge in [0.05, 0.1) is 19.3 Å². The van der Waals surface area contributed by atoms with E-state index in [0.29, 0.717) is 0 Å². The lowest BCUT2D eigenvalue weighted by atomic mass is 9.92. The molecule has 0 spiro atoms. The van der Waals surface area contributed by atoms with E-state index in [9.17, 15) is 5.11 Å². The third-order valence-corrected chi connectivity index (χ3v) is 6.12. The maximum Gasteiger partial charge on any atom is 0.162 e. The molecule has 1 aromatic heterocycles. The fraction of sp³-hybridized carbons (Fsp3) is 0.370. The van der Waals surface area contributed by atoms with Gasteiger partial charge in [-0.25, -0.2) is 0 Å². The summed E-state index contributed by atoms with van der Waals surface area (Å²) < 4.78 is 11.9. The van der Waals surface area contributed by atoms with Gasteiger partial charge in [0, 0.05) is 12.4 Å². The molecule has 0 amide bonds. The van der Waals surface area contributed by atoms with E-state index in [2.05, 4.69) is 41.4 Å². The van der Waals surface area contributed by atoms with Crippen LogP contribution in [0.5, 0.6) is 11.5 Å². The van der Waals surface area contributed by atoms with Gasteiger partial charge in [0.2, 0.25) is 0 Å². The van der Waals surface area contributed by atoms with Crippen LogP contribution < -0.4 is 9.47 Å². The molecule has 3 aromatic rings. The summed E-state index contributed by atoms with van der Waals surface area (Å²) in [7, 11) is 1.69. The molecule has 1 fully saturated rings. The van der Waals surface area contributed by atoms with E-state index < -0.39 is 6.10 Å². The number of aliphatic hydroxyl groups excluding tert-OH is 1. The first-order valence-electron chi connectivity index (χ1n) is 11.2. The molecule has 0 bridgehead atoms. The number of ether oxygens (including phenoxy) is 2. The van der Waals surface area contributed by atoms with E-state index in [1.807, 2.05) is 24.5 Å². The fourth-order valence-electron chi connectivity index (χ4n) is 4.29. The normalized spacial score (nSPS) is 15.1. The molecular formula is C27H31NO3. The Balaban J connectivity index is 1.68. The van der Waals surface area contributed by atoms with Crippen LogP contribution in [-0.4, -0.2) is 23.3 Å². The zero-order chi connectivity index (χ0) is 21.6. The average Bonchev–Trinajstić information content (AvgIpc) is 3.31. The molecule has 2 aromatic carbocycles.